The SMILES string of the molecule is Cc1cc2cc(-n3cc[nH]c3=O)ccc2[nH]1. The van der Waals surface area contributed by atoms with E-state index in [2.05, 4.69) is 16.0 Å². The highest BCUT2D eigenvalue weighted by atomic mass is 16.1. The van der Waals surface area contributed by atoms with E-state index in [1.165, 1.54) is 0 Å². The van der Waals surface area contributed by atoms with Crippen molar-refractivity contribution in [3.63, 3.8) is 0 Å². The summed E-state index contributed by atoms with van der Waals surface area (Å²) in [4.78, 5) is 17.3. The molecule has 16 heavy (non-hydrogen) atoms. The topological polar surface area (TPSA) is 53.6 Å². The molecule has 0 saturated heterocycles. The third-order valence-corrected chi connectivity index (χ3v) is 2.67. The van der Waals surface area contributed by atoms with Crippen LogP contribution < -0.4 is 5.69 Å². The summed E-state index contributed by atoms with van der Waals surface area (Å²) in [6, 6.07) is 7.97. The van der Waals surface area contributed by atoms with Crippen molar-refractivity contribution in [1.29, 1.82) is 0 Å². The van der Waals surface area contributed by atoms with Gasteiger partial charge >= 0.3 is 5.69 Å². The molecule has 80 valence electrons. The number of hydrogen-bond donors (Lipinski definition) is 2. The Balaban J connectivity index is 2.26. The number of H-pyrrole nitrogens is 2. The fourth-order valence-electron chi connectivity index (χ4n) is 1.94. The summed E-state index contributed by atoms with van der Waals surface area (Å²) in [6.07, 6.45) is 3.36. The molecular weight excluding hydrogens is 202 g/mol. The Morgan fingerprint density at radius 2 is 2.12 bits per heavy atom. The second kappa shape index (κ2) is 3.13. The second-order valence-electron chi connectivity index (χ2n) is 3.86. The summed E-state index contributed by atoms with van der Waals surface area (Å²) in [5.41, 5.74) is 2.96. The average molecular weight is 213 g/mol. The molecule has 2 heterocycles. The van der Waals surface area contributed by atoms with Gasteiger partial charge in [-0.05, 0) is 31.2 Å². The normalized spacial score (nSPS) is 11.1. The summed E-state index contributed by atoms with van der Waals surface area (Å²) >= 11 is 0. The molecule has 0 aliphatic rings. The Bertz CT molecular complexity index is 702. The number of benzene rings is 1. The van der Waals surface area contributed by atoms with Crippen molar-refractivity contribution in [3.05, 3.63) is 52.8 Å². The molecule has 4 heteroatoms. The summed E-state index contributed by atoms with van der Waals surface area (Å²) in [5, 5.41) is 1.11. The van der Waals surface area contributed by atoms with E-state index in [4.69, 9.17) is 0 Å². The maximum Gasteiger partial charge on any atom is 0.330 e. The molecule has 1 aromatic carbocycles. The van der Waals surface area contributed by atoms with Gasteiger partial charge in [0, 0.05) is 29.0 Å². The van der Waals surface area contributed by atoms with Gasteiger partial charge in [0.15, 0.2) is 0 Å². The van der Waals surface area contributed by atoms with Crippen LogP contribution in [0.4, 0.5) is 0 Å². The van der Waals surface area contributed by atoms with E-state index in [0.717, 1.165) is 22.3 Å². The number of nitrogens with zero attached hydrogens (tertiary/aromatic N) is 1. The van der Waals surface area contributed by atoms with Crippen LogP contribution in [0.1, 0.15) is 5.69 Å². The Kier molecular flexibility index (Phi) is 1.77. The van der Waals surface area contributed by atoms with E-state index in [-0.39, 0.29) is 5.69 Å². The van der Waals surface area contributed by atoms with Gasteiger partial charge in [-0.3, -0.25) is 4.57 Å². The number of aryl methyl sites for hydroxylation is 1. The van der Waals surface area contributed by atoms with Crippen molar-refractivity contribution in [1.82, 2.24) is 14.5 Å². The molecule has 0 saturated carbocycles. The molecule has 3 aromatic rings. The molecule has 0 bridgehead atoms. The third kappa shape index (κ3) is 1.27. The van der Waals surface area contributed by atoms with Gasteiger partial charge in [-0.2, -0.15) is 0 Å². The molecule has 0 aliphatic carbocycles. The van der Waals surface area contributed by atoms with Gasteiger partial charge in [0.2, 0.25) is 0 Å². The van der Waals surface area contributed by atoms with Crippen molar-refractivity contribution in [3.8, 4) is 5.69 Å². The Morgan fingerprint density at radius 1 is 1.25 bits per heavy atom. The van der Waals surface area contributed by atoms with Crippen LogP contribution in [0.3, 0.4) is 0 Å². The molecule has 2 aromatic heterocycles. The minimum absolute atomic E-state index is 0.119. The number of aromatic amines is 2. The first kappa shape index (κ1) is 9.03. The Morgan fingerprint density at radius 3 is 2.88 bits per heavy atom. The van der Waals surface area contributed by atoms with Crippen molar-refractivity contribution >= 4 is 10.9 Å². The van der Waals surface area contributed by atoms with Gasteiger partial charge in [0.1, 0.15) is 0 Å². The maximum absolute atomic E-state index is 11.5. The van der Waals surface area contributed by atoms with E-state index in [1.807, 2.05) is 25.1 Å². The van der Waals surface area contributed by atoms with Crippen LogP contribution >= 0.6 is 0 Å². The molecule has 0 spiro atoms. The highest BCUT2D eigenvalue weighted by molar-refractivity contribution is 5.82. The minimum atomic E-state index is -0.119. The average Bonchev–Trinajstić information content (AvgIpc) is 2.81. The zero-order chi connectivity index (χ0) is 11.1. The van der Waals surface area contributed by atoms with Crippen molar-refractivity contribution in [2.75, 3.05) is 0 Å². The first-order chi connectivity index (χ1) is 7.74. The first-order valence-electron chi connectivity index (χ1n) is 5.10. The summed E-state index contributed by atoms with van der Waals surface area (Å²) in [7, 11) is 0. The lowest BCUT2D eigenvalue weighted by molar-refractivity contribution is 0.989. The summed E-state index contributed by atoms with van der Waals surface area (Å²) in [6.45, 7) is 2.02. The van der Waals surface area contributed by atoms with Crippen molar-refractivity contribution < 1.29 is 0 Å². The summed E-state index contributed by atoms with van der Waals surface area (Å²) in [5.74, 6) is 0. The third-order valence-electron chi connectivity index (χ3n) is 2.67. The van der Waals surface area contributed by atoms with Crippen LogP contribution in [0.15, 0.2) is 41.5 Å². The van der Waals surface area contributed by atoms with Gasteiger partial charge < -0.3 is 9.97 Å². The number of rotatable bonds is 1. The van der Waals surface area contributed by atoms with Gasteiger partial charge in [-0.25, -0.2) is 4.79 Å². The van der Waals surface area contributed by atoms with Crippen LogP contribution in [-0.4, -0.2) is 14.5 Å². The first-order valence-corrected chi connectivity index (χ1v) is 5.10. The predicted octanol–water partition coefficient (Wildman–Crippen LogP) is 1.96. The smallest absolute Gasteiger partial charge is 0.330 e. The molecule has 3 rings (SSSR count). The number of hydrogen-bond acceptors (Lipinski definition) is 1. The summed E-state index contributed by atoms with van der Waals surface area (Å²) < 4.78 is 1.59. The molecule has 0 fully saturated rings. The number of imidazole rings is 1. The van der Waals surface area contributed by atoms with Crippen LogP contribution in [-0.2, 0) is 0 Å². The van der Waals surface area contributed by atoms with Crippen molar-refractivity contribution in [2.45, 2.75) is 6.92 Å². The van der Waals surface area contributed by atoms with Crippen molar-refractivity contribution in [2.24, 2.45) is 0 Å². The minimum Gasteiger partial charge on any atom is -0.359 e. The van der Waals surface area contributed by atoms with E-state index in [9.17, 15) is 4.79 Å². The van der Waals surface area contributed by atoms with Gasteiger partial charge in [0.05, 0.1) is 5.69 Å². The highest BCUT2D eigenvalue weighted by Crippen LogP contribution is 2.18. The Labute approximate surface area is 91.5 Å². The van der Waals surface area contributed by atoms with E-state index in [1.54, 1.807) is 17.0 Å². The van der Waals surface area contributed by atoms with Gasteiger partial charge in [-0.15, -0.1) is 0 Å². The van der Waals surface area contributed by atoms with Gasteiger partial charge in [0.25, 0.3) is 0 Å². The molecule has 0 atom stereocenters. The van der Waals surface area contributed by atoms with Gasteiger partial charge in [-0.1, -0.05) is 0 Å². The van der Waals surface area contributed by atoms with E-state index >= 15 is 0 Å². The van der Waals surface area contributed by atoms with E-state index < -0.39 is 0 Å². The molecule has 0 aliphatic heterocycles. The molecule has 4 nitrogen and oxygen atoms in total. The van der Waals surface area contributed by atoms with Crippen LogP contribution in [0.5, 0.6) is 0 Å². The number of aromatic nitrogens is 3. The lowest BCUT2D eigenvalue weighted by Gasteiger charge is -2.00. The van der Waals surface area contributed by atoms with Crippen LogP contribution in [0.25, 0.3) is 16.6 Å². The highest BCUT2D eigenvalue weighted by Gasteiger charge is 2.02. The Hall–Kier alpha value is -2.23. The zero-order valence-corrected chi connectivity index (χ0v) is 8.82. The van der Waals surface area contributed by atoms with Crippen LogP contribution in [0, 0.1) is 6.92 Å². The standard InChI is InChI=1S/C12H11N3O/c1-8-6-9-7-10(2-3-11(9)14-8)15-5-4-13-12(15)16/h2-7,14H,1H3,(H,13,16). The largest absolute Gasteiger partial charge is 0.359 e. The number of nitrogens with one attached hydrogen (secondary N) is 2. The molecule has 0 radical (unpaired) electrons. The second-order valence-corrected chi connectivity index (χ2v) is 3.86. The fraction of sp³-hybridized carbons (Fsp3) is 0.0833. The lowest BCUT2D eigenvalue weighted by Crippen LogP contribution is -2.13. The monoisotopic (exact) mass is 213 g/mol. The molecular formula is C12H11N3O. The van der Waals surface area contributed by atoms with E-state index in [0.29, 0.717) is 0 Å². The maximum atomic E-state index is 11.5. The quantitative estimate of drug-likeness (QED) is 0.637. The molecule has 2 N–H and O–H groups in total. The number of fused-ring (bicyclic) bond motifs is 1. The van der Waals surface area contributed by atoms with Crippen LogP contribution in [0.2, 0.25) is 0 Å². The fourth-order valence-corrected chi connectivity index (χ4v) is 1.94. The molecule has 0 unspecified atom stereocenters. The predicted molar refractivity (Wildman–Crippen MR) is 63.0 cm³/mol. The zero-order valence-electron chi connectivity index (χ0n) is 8.82. The molecule has 0 amide bonds. The lowest BCUT2D eigenvalue weighted by atomic mass is 10.2.